The molecular weight excluding hydrogens is 488 g/mol. The number of thiophene rings is 1. The highest BCUT2D eigenvalue weighted by atomic mass is 35.5. The van der Waals surface area contributed by atoms with E-state index in [9.17, 15) is 18.0 Å². The number of aromatic nitrogens is 2. The molecule has 9 nitrogen and oxygen atoms in total. The van der Waals surface area contributed by atoms with Crippen LogP contribution in [0.4, 0.5) is 0 Å². The first-order valence-corrected chi connectivity index (χ1v) is 12.9. The third-order valence-corrected chi connectivity index (χ3v) is 10.00. The number of benzene rings is 1. The van der Waals surface area contributed by atoms with Crippen molar-refractivity contribution in [1.29, 1.82) is 0 Å². The van der Waals surface area contributed by atoms with Crippen molar-refractivity contribution in [3.8, 4) is 10.4 Å². The number of carbonyl (C=O) groups is 2. The summed E-state index contributed by atoms with van der Waals surface area (Å²) >= 11 is 7.24. The number of nitrogens with zero attached hydrogens (tertiary/aromatic N) is 2. The van der Waals surface area contributed by atoms with Gasteiger partial charge in [-0.25, -0.2) is 13.9 Å². The Hall–Kier alpha value is -2.73. The number of hydroxylamine groups is 1. The second-order valence-corrected chi connectivity index (χ2v) is 11.7. The number of rotatable bonds is 5. The molecule has 2 aromatic heterocycles. The molecule has 1 unspecified atom stereocenters. The third kappa shape index (κ3) is 4.54. The first-order chi connectivity index (χ1) is 15.8. The molecule has 3 N–H and O–H groups in total. The van der Waals surface area contributed by atoms with E-state index in [2.05, 4.69) is 10.2 Å². The summed E-state index contributed by atoms with van der Waals surface area (Å²) in [5.41, 5.74) is 2.75. The quantitative estimate of drug-likeness (QED) is 0.358. The number of sulfone groups is 1. The molecule has 1 aliphatic heterocycles. The minimum atomic E-state index is -3.89. The second-order valence-electron chi connectivity index (χ2n) is 7.72. The average Bonchev–Trinajstić information content (AvgIpc) is 3.48. The maximum atomic E-state index is 13.6. The van der Waals surface area contributed by atoms with Crippen molar-refractivity contribution in [3.63, 3.8) is 0 Å². The zero-order valence-corrected chi connectivity index (χ0v) is 19.7. The summed E-state index contributed by atoms with van der Waals surface area (Å²) in [6, 6.07) is 10.6. The zero-order chi connectivity index (χ0) is 23.6. The monoisotopic (exact) mass is 508 g/mol. The van der Waals surface area contributed by atoms with E-state index in [0.717, 1.165) is 10.4 Å². The lowest BCUT2D eigenvalue weighted by molar-refractivity contribution is -0.129. The highest BCUT2D eigenvalue weighted by molar-refractivity contribution is 7.92. The summed E-state index contributed by atoms with van der Waals surface area (Å²) in [4.78, 5) is 27.8. The van der Waals surface area contributed by atoms with E-state index in [1.165, 1.54) is 28.6 Å². The van der Waals surface area contributed by atoms with Crippen LogP contribution in [-0.4, -0.2) is 59.4 Å². The molecule has 0 bridgehead atoms. The van der Waals surface area contributed by atoms with Crippen LogP contribution in [0.25, 0.3) is 10.4 Å². The van der Waals surface area contributed by atoms with E-state index in [-0.39, 0.29) is 31.2 Å². The largest absolute Gasteiger partial charge is 0.337 e. The Morgan fingerprint density at radius 2 is 1.97 bits per heavy atom. The van der Waals surface area contributed by atoms with Crippen LogP contribution in [0, 0.1) is 0 Å². The Balaban J connectivity index is 1.73. The van der Waals surface area contributed by atoms with Crippen molar-refractivity contribution < 1.29 is 23.2 Å². The number of halogens is 1. The highest BCUT2D eigenvalue weighted by Crippen LogP contribution is 2.45. The van der Waals surface area contributed by atoms with Gasteiger partial charge in [0.05, 0.1) is 23.9 Å². The number of H-pyrrole nitrogens is 1. The Bertz CT molecular complexity index is 1260. The van der Waals surface area contributed by atoms with Gasteiger partial charge >= 0.3 is 0 Å². The predicted octanol–water partition coefficient (Wildman–Crippen LogP) is 2.84. The van der Waals surface area contributed by atoms with Crippen LogP contribution in [0.5, 0.6) is 0 Å². The van der Waals surface area contributed by atoms with E-state index in [0.29, 0.717) is 15.5 Å². The average molecular weight is 509 g/mol. The summed E-state index contributed by atoms with van der Waals surface area (Å²) < 4.78 is 25.6. The SMILES string of the molecule is O=C(CC1(c2ccc(-c3ccc(Cl)cc3)s2)CCN(C(=O)c2cn[nH]c2)CCS1(=O)=O)NO. The molecule has 1 aromatic carbocycles. The van der Waals surface area contributed by atoms with Crippen molar-refractivity contribution >= 4 is 44.6 Å². The van der Waals surface area contributed by atoms with E-state index in [4.69, 9.17) is 16.8 Å². The van der Waals surface area contributed by atoms with E-state index in [1.54, 1.807) is 29.7 Å². The van der Waals surface area contributed by atoms with Gasteiger partial charge in [-0.2, -0.15) is 5.10 Å². The number of hydrogen-bond acceptors (Lipinski definition) is 7. The lowest BCUT2D eigenvalue weighted by Crippen LogP contribution is -2.41. The molecule has 0 spiro atoms. The van der Waals surface area contributed by atoms with E-state index >= 15 is 0 Å². The molecule has 3 aromatic rings. The predicted molar refractivity (Wildman–Crippen MR) is 124 cm³/mol. The highest BCUT2D eigenvalue weighted by Gasteiger charge is 2.50. The van der Waals surface area contributed by atoms with Crippen LogP contribution < -0.4 is 5.48 Å². The minimum absolute atomic E-state index is 0.00686. The topological polar surface area (TPSA) is 132 Å². The molecule has 12 heteroatoms. The van der Waals surface area contributed by atoms with Gasteiger partial charge in [0, 0.05) is 34.1 Å². The summed E-state index contributed by atoms with van der Waals surface area (Å²) in [6.45, 7) is 0.111. The zero-order valence-electron chi connectivity index (χ0n) is 17.3. The lowest BCUT2D eigenvalue weighted by atomic mass is 9.97. The molecule has 2 amide bonds. The van der Waals surface area contributed by atoms with Gasteiger partial charge in [0.1, 0.15) is 4.75 Å². The molecular formula is C21H21ClN4O5S2. The fourth-order valence-corrected chi connectivity index (χ4v) is 7.71. The molecule has 0 aliphatic carbocycles. The molecule has 1 saturated heterocycles. The van der Waals surface area contributed by atoms with E-state index in [1.807, 2.05) is 12.1 Å². The fourth-order valence-electron chi connectivity index (χ4n) is 3.97. The maximum Gasteiger partial charge on any atom is 0.257 e. The number of hydrogen-bond donors (Lipinski definition) is 3. The maximum absolute atomic E-state index is 13.6. The number of nitrogens with one attached hydrogen (secondary N) is 2. The van der Waals surface area contributed by atoms with Gasteiger partial charge in [-0.1, -0.05) is 23.7 Å². The molecule has 1 atom stereocenters. The number of carbonyl (C=O) groups excluding carboxylic acids is 2. The van der Waals surface area contributed by atoms with Crippen LogP contribution in [0.3, 0.4) is 0 Å². The van der Waals surface area contributed by atoms with Gasteiger partial charge in [-0.15, -0.1) is 11.3 Å². The van der Waals surface area contributed by atoms with Crippen LogP contribution in [0.2, 0.25) is 5.02 Å². The summed E-state index contributed by atoms with van der Waals surface area (Å²) in [5, 5.41) is 16.1. The van der Waals surface area contributed by atoms with Gasteiger partial charge in [-0.3, -0.25) is 19.9 Å². The number of amides is 2. The standard InChI is InChI=1S/C21H21ClN4O5S2/c22-16-3-1-14(2-4-16)17-5-6-18(32-17)21(11-19(27)25-29)7-8-26(9-10-33(21,30)31)20(28)15-12-23-24-13-15/h1-6,12-13,29H,7-11H2,(H,23,24)(H,25,27). The van der Waals surface area contributed by atoms with Gasteiger partial charge in [0.15, 0.2) is 9.84 Å². The van der Waals surface area contributed by atoms with Crippen molar-refractivity contribution in [2.24, 2.45) is 0 Å². The fraction of sp³-hybridized carbons (Fsp3) is 0.286. The van der Waals surface area contributed by atoms with Gasteiger partial charge in [0.25, 0.3) is 5.91 Å². The number of aromatic amines is 1. The first kappa shape index (κ1) is 23.4. The van der Waals surface area contributed by atoms with Gasteiger partial charge < -0.3 is 4.90 Å². The van der Waals surface area contributed by atoms with Crippen molar-refractivity contribution in [2.45, 2.75) is 17.6 Å². The Morgan fingerprint density at radius 3 is 2.64 bits per heavy atom. The normalized spacial score (nSPS) is 20.2. The molecule has 0 saturated carbocycles. The lowest BCUT2D eigenvalue weighted by Gasteiger charge is -2.30. The van der Waals surface area contributed by atoms with Crippen molar-refractivity contribution in [1.82, 2.24) is 20.6 Å². The molecule has 0 radical (unpaired) electrons. The molecule has 4 rings (SSSR count). The van der Waals surface area contributed by atoms with Crippen LogP contribution in [0.1, 0.15) is 28.1 Å². The van der Waals surface area contributed by atoms with Crippen molar-refractivity contribution in [3.05, 3.63) is 64.3 Å². The Morgan fingerprint density at radius 1 is 1.21 bits per heavy atom. The molecule has 3 heterocycles. The second kappa shape index (κ2) is 9.26. The summed E-state index contributed by atoms with van der Waals surface area (Å²) in [5.74, 6) is -1.47. The van der Waals surface area contributed by atoms with E-state index < -0.39 is 26.9 Å². The van der Waals surface area contributed by atoms with Gasteiger partial charge in [0.2, 0.25) is 5.91 Å². The summed E-state index contributed by atoms with van der Waals surface area (Å²) in [7, 11) is -3.89. The van der Waals surface area contributed by atoms with Crippen LogP contribution in [0.15, 0.2) is 48.8 Å². The first-order valence-electron chi connectivity index (χ1n) is 10.1. The smallest absolute Gasteiger partial charge is 0.257 e. The third-order valence-electron chi connectivity index (χ3n) is 5.80. The minimum Gasteiger partial charge on any atom is -0.337 e. The van der Waals surface area contributed by atoms with Crippen LogP contribution >= 0.6 is 22.9 Å². The van der Waals surface area contributed by atoms with Crippen LogP contribution in [-0.2, 0) is 19.4 Å². The Labute approximate surface area is 199 Å². The molecule has 33 heavy (non-hydrogen) atoms. The molecule has 1 fully saturated rings. The molecule has 1 aliphatic rings. The van der Waals surface area contributed by atoms with Crippen molar-refractivity contribution in [2.75, 3.05) is 18.8 Å². The summed E-state index contributed by atoms with van der Waals surface area (Å²) in [6.07, 6.45) is 2.38. The van der Waals surface area contributed by atoms with Gasteiger partial charge in [-0.05, 0) is 36.2 Å². The molecule has 174 valence electrons. The Kier molecular flexibility index (Phi) is 6.57.